The molecule has 2 N–H and O–H groups in total. The predicted molar refractivity (Wildman–Crippen MR) is 69.0 cm³/mol. The molecule has 0 saturated carbocycles. The van der Waals surface area contributed by atoms with E-state index in [-0.39, 0.29) is 0 Å². The fraction of sp³-hybridized carbons (Fsp3) is 0.308. The average Bonchev–Trinajstić information content (AvgIpc) is 2.66. The van der Waals surface area contributed by atoms with Gasteiger partial charge in [-0.1, -0.05) is 6.92 Å². The van der Waals surface area contributed by atoms with Crippen molar-refractivity contribution in [1.82, 2.24) is 9.55 Å². The first-order chi connectivity index (χ1) is 8.17. The number of benzene rings is 1. The van der Waals surface area contributed by atoms with Crippen molar-refractivity contribution in [3.63, 3.8) is 0 Å². The largest absolute Gasteiger partial charge is 0.497 e. The van der Waals surface area contributed by atoms with E-state index in [1.165, 1.54) is 0 Å². The van der Waals surface area contributed by atoms with Gasteiger partial charge in [0.15, 0.2) is 0 Å². The Kier molecular flexibility index (Phi) is 3.04. The van der Waals surface area contributed by atoms with Crippen LogP contribution < -0.4 is 10.5 Å². The van der Waals surface area contributed by atoms with E-state index < -0.39 is 0 Å². The normalized spacial score (nSPS) is 10.5. The van der Waals surface area contributed by atoms with Gasteiger partial charge >= 0.3 is 0 Å². The molecule has 0 saturated heterocycles. The van der Waals surface area contributed by atoms with Crippen LogP contribution >= 0.6 is 0 Å². The minimum Gasteiger partial charge on any atom is -0.497 e. The van der Waals surface area contributed by atoms with Gasteiger partial charge in [-0.3, -0.25) is 0 Å². The van der Waals surface area contributed by atoms with Crippen LogP contribution in [0.4, 0.5) is 5.82 Å². The molecular formula is C13H17N3O. The quantitative estimate of drug-likeness (QED) is 0.881. The highest BCUT2D eigenvalue weighted by Crippen LogP contribution is 2.27. The molecule has 0 spiro atoms. The van der Waals surface area contributed by atoms with E-state index in [0.29, 0.717) is 5.82 Å². The van der Waals surface area contributed by atoms with E-state index in [2.05, 4.69) is 11.9 Å². The highest BCUT2D eigenvalue weighted by Gasteiger charge is 2.12. The van der Waals surface area contributed by atoms with Crippen molar-refractivity contribution >= 4 is 5.82 Å². The number of methoxy groups -OCH3 is 1. The predicted octanol–water partition coefficient (Wildman–Crippen LogP) is 2.24. The molecule has 0 atom stereocenters. The third-order valence-corrected chi connectivity index (χ3v) is 2.91. The molecule has 4 heteroatoms. The molecule has 1 aromatic heterocycles. The van der Waals surface area contributed by atoms with Crippen LogP contribution in [0.15, 0.2) is 24.3 Å². The summed E-state index contributed by atoms with van der Waals surface area (Å²) < 4.78 is 7.06. The summed E-state index contributed by atoms with van der Waals surface area (Å²) in [7, 11) is 3.59. The van der Waals surface area contributed by atoms with Crippen molar-refractivity contribution in [1.29, 1.82) is 0 Å². The number of ether oxygens (including phenoxy) is 1. The summed E-state index contributed by atoms with van der Waals surface area (Å²) in [5.74, 6) is 2.53. The van der Waals surface area contributed by atoms with E-state index in [1.807, 2.05) is 35.9 Å². The van der Waals surface area contributed by atoms with Crippen LogP contribution in [0.1, 0.15) is 12.7 Å². The molecule has 0 aliphatic heterocycles. The maximum Gasteiger partial charge on any atom is 0.131 e. The lowest BCUT2D eigenvalue weighted by molar-refractivity contribution is 0.415. The molecule has 90 valence electrons. The summed E-state index contributed by atoms with van der Waals surface area (Å²) in [6, 6.07) is 7.76. The second-order valence-electron chi connectivity index (χ2n) is 3.90. The van der Waals surface area contributed by atoms with E-state index in [1.54, 1.807) is 7.11 Å². The molecule has 0 unspecified atom stereocenters. The van der Waals surface area contributed by atoms with Gasteiger partial charge in [0, 0.05) is 19.0 Å². The zero-order valence-electron chi connectivity index (χ0n) is 10.4. The molecule has 1 heterocycles. The monoisotopic (exact) mass is 231 g/mol. The lowest BCUT2D eigenvalue weighted by atomic mass is 10.1. The molecule has 0 bridgehead atoms. The highest BCUT2D eigenvalue weighted by atomic mass is 16.5. The van der Waals surface area contributed by atoms with Gasteiger partial charge in [-0.25, -0.2) is 4.98 Å². The molecule has 0 amide bonds. The number of rotatable bonds is 3. The van der Waals surface area contributed by atoms with Gasteiger partial charge < -0.3 is 15.0 Å². The van der Waals surface area contributed by atoms with E-state index in [9.17, 15) is 0 Å². The van der Waals surface area contributed by atoms with Crippen LogP contribution in [-0.2, 0) is 13.5 Å². The van der Waals surface area contributed by atoms with Gasteiger partial charge in [0.25, 0.3) is 0 Å². The number of nitrogens with zero attached hydrogens (tertiary/aromatic N) is 2. The van der Waals surface area contributed by atoms with Crippen LogP contribution in [0.25, 0.3) is 11.3 Å². The Labute approximate surface area is 101 Å². The number of aryl methyl sites for hydroxylation is 1. The number of hydrogen-bond donors (Lipinski definition) is 1. The molecule has 17 heavy (non-hydrogen) atoms. The topological polar surface area (TPSA) is 53.1 Å². The fourth-order valence-electron chi connectivity index (χ4n) is 1.84. The van der Waals surface area contributed by atoms with E-state index in [4.69, 9.17) is 10.5 Å². The summed E-state index contributed by atoms with van der Waals surface area (Å²) in [5, 5.41) is 0. The second kappa shape index (κ2) is 4.49. The van der Waals surface area contributed by atoms with Crippen molar-refractivity contribution < 1.29 is 4.74 Å². The Bertz CT molecular complexity index is 514. The molecule has 1 aromatic carbocycles. The number of anilines is 1. The molecule has 0 fully saturated rings. The standard InChI is InChI=1S/C13H17N3O/c1-4-11-15-12(13(14)16(11)2)9-5-7-10(17-3)8-6-9/h5-8H,4,14H2,1-3H3. The third-order valence-electron chi connectivity index (χ3n) is 2.91. The maximum absolute atomic E-state index is 6.05. The van der Waals surface area contributed by atoms with Gasteiger partial charge in [0.1, 0.15) is 23.1 Å². The smallest absolute Gasteiger partial charge is 0.131 e. The van der Waals surface area contributed by atoms with Gasteiger partial charge in [0.05, 0.1) is 7.11 Å². The maximum atomic E-state index is 6.05. The van der Waals surface area contributed by atoms with Gasteiger partial charge in [-0.2, -0.15) is 0 Å². The molecule has 0 aliphatic rings. The van der Waals surface area contributed by atoms with E-state index in [0.717, 1.165) is 29.3 Å². The van der Waals surface area contributed by atoms with Crippen LogP contribution in [-0.4, -0.2) is 16.7 Å². The number of hydrogen-bond acceptors (Lipinski definition) is 3. The highest BCUT2D eigenvalue weighted by molar-refractivity contribution is 5.71. The Balaban J connectivity index is 2.45. The van der Waals surface area contributed by atoms with Crippen molar-refractivity contribution in [3.05, 3.63) is 30.1 Å². The number of nitrogen functional groups attached to an aromatic ring is 1. The van der Waals surface area contributed by atoms with Crippen LogP contribution in [0.5, 0.6) is 5.75 Å². The minimum absolute atomic E-state index is 0.701. The van der Waals surface area contributed by atoms with Crippen LogP contribution in [0.3, 0.4) is 0 Å². The fourth-order valence-corrected chi connectivity index (χ4v) is 1.84. The zero-order valence-corrected chi connectivity index (χ0v) is 10.4. The minimum atomic E-state index is 0.701. The molecule has 4 nitrogen and oxygen atoms in total. The van der Waals surface area contributed by atoms with Crippen LogP contribution in [0, 0.1) is 0 Å². The molecule has 0 radical (unpaired) electrons. The first kappa shape index (κ1) is 11.5. The molecule has 0 aliphatic carbocycles. The first-order valence-corrected chi connectivity index (χ1v) is 5.62. The Morgan fingerprint density at radius 2 is 1.94 bits per heavy atom. The summed E-state index contributed by atoms with van der Waals surface area (Å²) in [4.78, 5) is 4.55. The Morgan fingerprint density at radius 3 is 2.41 bits per heavy atom. The van der Waals surface area contributed by atoms with Crippen molar-refractivity contribution in [3.8, 4) is 17.0 Å². The molecule has 2 rings (SSSR count). The van der Waals surface area contributed by atoms with Gasteiger partial charge in [-0.15, -0.1) is 0 Å². The third kappa shape index (κ3) is 1.98. The summed E-state index contributed by atoms with van der Waals surface area (Å²) in [6.45, 7) is 2.07. The number of imidazole rings is 1. The van der Waals surface area contributed by atoms with Crippen molar-refractivity contribution in [2.24, 2.45) is 7.05 Å². The lowest BCUT2D eigenvalue weighted by Gasteiger charge is -2.02. The van der Waals surface area contributed by atoms with E-state index >= 15 is 0 Å². The Hall–Kier alpha value is -1.97. The first-order valence-electron chi connectivity index (χ1n) is 5.62. The van der Waals surface area contributed by atoms with Crippen molar-refractivity contribution in [2.45, 2.75) is 13.3 Å². The molecular weight excluding hydrogens is 214 g/mol. The van der Waals surface area contributed by atoms with Crippen LogP contribution in [0.2, 0.25) is 0 Å². The summed E-state index contributed by atoms with van der Waals surface area (Å²) >= 11 is 0. The lowest BCUT2D eigenvalue weighted by Crippen LogP contribution is -2.00. The average molecular weight is 231 g/mol. The number of aromatic nitrogens is 2. The van der Waals surface area contributed by atoms with Gasteiger partial charge in [0.2, 0.25) is 0 Å². The van der Waals surface area contributed by atoms with Gasteiger partial charge in [-0.05, 0) is 24.3 Å². The number of nitrogens with two attached hydrogens (primary N) is 1. The van der Waals surface area contributed by atoms with Crippen molar-refractivity contribution in [2.75, 3.05) is 12.8 Å². The SMILES string of the molecule is CCc1nc(-c2ccc(OC)cc2)c(N)n1C. The summed E-state index contributed by atoms with van der Waals surface area (Å²) in [5.41, 5.74) is 7.90. The summed E-state index contributed by atoms with van der Waals surface area (Å²) in [6.07, 6.45) is 0.872. The molecule has 2 aromatic rings. The Morgan fingerprint density at radius 1 is 1.29 bits per heavy atom. The second-order valence-corrected chi connectivity index (χ2v) is 3.90. The zero-order chi connectivity index (χ0) is 12.4.